The molecule has 0 bridgehead atoms. The first-order valence-electron chi connectivity index (χ1n) is 6.72. The van der Waals surface area contributed by atoms with Crippen LogP contribution in [0.4, 0.5) is 13.2 Å². The van der Waals surface area contributed by atoms with E-state index in [2.05, 4.69) is 5.32 Å². The van der Waals surface area contributed by atoms with Crippen LogP contribution < -0.4 is 5.32 Å². The number of aromatic hydroxyl groups is 1. The summed E-state index contributed by atoms with van der Waals surface area (Å²) >= 11 is 5.94. The van der Waals surface area contributed by atoms with E-state index >= 15 is 0 Å². The van der Waals surface area contributed by atoms with Gasteiger partial charge in [-0.25, -0.2) is 0 Å². The molecular weight excluding hydrogens is 315 g/mol. The standard InChI is InChI=1S/C16H15ClF3NO/c17-15-12(5-3-7-14(15)22)10-21-9-8-11-4-1-2-6-13(11)16(18,19)20/h1-7,21-22H,8-10H2. The van der Waals surface area contributed by atoms with Crippen molar-refractivity contribution in [2.75, 3.05) is 6.54 Å². The molecule has 0 fully saturated rings. The maximum atomic E-state index is 12.9. The second-order valence-electron chi connectivity index (χ2n) is 4.83. The van der Waals surface area contributed by atoms with Crippen LogP contribution >= 0.6 is 11.6 Å². The van der Waals surface area contributed by atoms with Crippen molar-refractivity contribution >= 4 is 11.6 Å². The number of phenols is 1. The second kappa shape index (κ2) is 7.03. The molecular formula is C16H15ClF3NO. The molecule has 0 aromatic heterocycles. The number of hydrogen-bond acceptors (Lipinski definition) is 2. The van der Waals surface area contributed by atoms with Gasteiger partial charge in [-0.15, -0.1) is 0 Å². The number of hydrogen-bond donors (Lipinski definition) is 2. The van der Waals surface area contributed by atoms with E-state index in [1.165, 1.54) is 18.2 Å². The monoisotopic (exact) mass is 329 g/mol. The van der Waals surface area contributed by atoms with E-state index in [0.717, 1.165) is 6.07 Å². The SMILES string of the molecule is Oc1cccc(CNCCc2ccccc2C(F)(F)F)c1Cl. The molecule has 0 amide bonds. The average Bonchev–Trinajstić information content (AvgIpc) is 2.47. The van der Waals surface area contributed by atoms with E-state index in [1.807, 2.05) is 0 Å². The Labute approximate surface area is 131 Å². The number of nitrogens with one attached hydrogen (secondary N) is 1. The molecule has 6 heteroatoms. The third-order valence-corrected chi connectivity index (χ3v) is 3.70. The first kappa shape index (κ1) is 16.6. The molecule has 2 aromatic rings. The predicted octanol–water partition coefficient (Wildman–Crippen LogP) is 4.40. The van der Waals surface area contributed by atoms with Crippen LogP contribution in [0.5, 0.6) is 5.75 Å². The van der Waals surface area contributed by atoms with Crippen molar-refractivity contribution < 1.29 is 18.3 Å². The Kier molecular flexibility index (Phi) is 5.32. The second-order valence-corrected chi connectivity index (χ2v) is 5.21. The molecule has 22 heavy (non-hydrogen) atoms. The van der Waals surface area contributed by atoms with Gasteiger partial charge in [0.1, 0.15) is 5.75 Å². The van der Waals surface area contributed by atoms with Crippen molar-refractivity contribution in [2.45, 2.75) is 19.1 Å². The number of halogens is 4. The third-order valence-electron chi connectivity index (χ3n) is 3.27. The average molecular weight is 330 g/mol. The molecule has 0 unspecified atom stereocenters. The zero-order chi connectivity index (χ0) is 16.2. The summed E-state index contributed by atoms with van der Waals surface area (Å²) in [5, 5.41) is 12.8. The van der Waals surface area contributed by atoms with Gasteiger partial charge in [-0.05, 0) is 36.2 Å². The van der Waals surface area contributed by atoms with E-state index in [1.54, 1.807) is 18.2 Å². The molecule has 2 aromatic carbocycles. The van der Waals surface area contributed by atoms with Crippen molar-refractivity contribution in [1.82, 2.24) is 5.32 Å². The van der Waals surface area contributed by atoms with Crippen LogP contribution in [-0.4, -0.2) is 11.7 Å². The Morgan fingerprint density at radius 2 is 1.68 bits per heavy atom. The molecule has 2 rings (SSSR count). The van der Waals surface area contributed by atoms with Crippen LogP contribution in [0.15, 0.2) is 42.5 Å². The fourth-order valence-corrected chi connectivity index (χ4v) is 2.36. The highest BCUT2D eigenvalue weighted by molar-refractivity contribution is 6.32. The number of rotatable bonds is 5. The van der Waals surface area contributed by atoms with Crippen LogP contribution in [0.25, 0.3) is 0 Å². The summed E-state index contributed by atoms with van der Waals surface area (Å²) in [6.45, 7) is 0.750. The lowest BCUT2D eigenvalue weighted by Gasteiger charge is -2.13. The molecule has 118 valence electrons. The van der Waals surface area contributed by atoms with Crippen LogP contribution in [0.1, 0.15) is 16.7 Å². The van der Waals surface area contributed by atoms with Crippen LogP contribution in [0.2, 0.25) is 5.02 Å². The molecule has 0 saturated carbocycles. The molecule has 0 saturated heterocycles. The number of phenolic OH excluding ortho intramolecular Hbond substituents is 1. The Bertz CT molecular complexity index is 644. The van der Waals surface area contributed by atoms with Gasteiger partial charge in [0, 0.05) is 6.54 Å². The largest absolute Gasteiger partial charge is 0.506 e. The first-order chi connectivity index (χ1) is 10.4. The molecule has 0 spiro atoms. The van der Waals surface area contributed by atoms with Crippen LogP contribution in [0.3, 0.4) is 0 Å². The van der Waals surface area contributed by atoms with E-state index in [4.69, 9.17) is 11.6 Å². The van der Waals surface area contributed by atoms with Gasteiger partial charge >= 0.3 is 6.18 Å². The fraction of sp³-hybridized carbons (Fsp3) is 0.250. The molecule has 0 heterocycles. The van der Waals surface area contributed by atoms with Crippen molar-refractivity contribution in [3.8, 4) is 5.75 Å². The van der Waals surface area contributed by atoms with Crippen molar-refractivity contribution in [3.05, 3.63) is 64.2 Å². The molecule has 2 nitrogen and oxygen atoms in total. The van der Waals surface area contributed by atoms with E-state index < -0.39 is 11.7 Å². The summed E-state index contributed by atoms with van der Waals surface area (Å²) in [5.41, 5.74) is 0.350. The maximum Gasteiger partial charge on any atom is 0.416 e. The maximum absolute atomic E-state index is 12.9. The topological polar surface area (TPSA) is 32.3 Å². The highest BCUT2D eigenvalue weighted by Crippen LogP contribution is 2.32. The van der Waals surface area contributed by atoms with Crippen LogP contribution in [-0.2, 0) is 19.1 Å². The van der Waals surface area contributed by atoms with Crippen molar-refractivity contribution in [2.24, 2.45) is 0 Å². The fourth-order valence-electron chi connectivity index (χ4n) is 2.16. The van der Waals surface area contributed by atoms with E-state index in [0.29, 0.717) is 18.7 Å². The highest BCUT2D eigenvalue weighted by Gasteiger charge is 2.32. The lowest BCUT2D eigenvalue weighted by Crippen LogP contribution is -2.19. The molecule has 0 aliphatic heterocycles. The van der Waals surface area contributed by atoms with Gasteiger partial charge in [-0.2, -0.15) is 13.2 Å². The summed E-state index contributed by atoms with van der Waals surface area (Å²) in [6, 6.07) is 10.4. The van der Waals surface area contributed by atoms with E-state index in [9.17, 15) is 18.3 Å². The van der Waals surface area contributed by atoms with Gasteiger partial charge in [-0.3, -0.25) is 0 Å². The minimum absolute atomic E-state index is 0.0108. The summed E-state index contributed by atoms with van der Waals surface area (Å²) in [7, 11) is 0. The lowest BCUT2D eigenvalue weighted by molar-refractivity contribution is -0.138. The summed E-state index contributed by atoms with van der Waals surface area (Å²) in [6.07, 6.45) is -4.09. The van der Waals surface area contributed by atoms with Gasteiger partial charge in [0.2, 0.25) is 0 Å². The molecule has 0 radical (unpaired) electrons. The Hall–Kier alpha value is -1.72. The molecule has 0 atom stereocenters. The minimum atomic E-state index is -4.34. The first-order valence-corrected chi connectivity index (χ1v) is 7.09. The zero-order valence-corrected chi connectivity index (χ0v) is 12.4. The van der Waals surface area contributed by atoms with Crippen LogP contribution in [0, 0.1) is 0 Å². The van der Waals surface area contributed by atoms with Crippen molar-refractivity contribution in [1.29, 1.82) is 0 Å². The summed E-state index contributed by atoms with van der Waals surface area (Å²) < 4.78 is 38.6. The minimum Gasteiger partial charge on any atom is -0.506 e. The van der Waals surface area contributed by atoms with Gasteiger partial charge in [0.25, 0.3) is 0 Å². The Balaban J connectivity index is 1.94. The highest BCUT2D eigenvalue weighted by atomic mass is 35.5. The normalized spacial score (nSPS) is 11.6. The van der Waals surface area contributed by atoms with Gasteiger partial charge in [-0.1, -0.05) is 41.9 Å². The quantitative estimate of drug-likeness (QED) is 0.797. The summed E-state index contributed by atoms with van der Waals surface area (Å²) in [5.74, 6) is -0.0108. The number of alkyl halides is 3. The Morgan fingerprint density at radius 1 is 1.00 bits per heavy atom. The number of benzene rings is 2. The van der Waals surface area contributed by atoms with E-state index in [-0.39, 0.29) is 22.8 Å². The zero-order valence-electron chi connectivity index (χ0n) is 11.6. The molecule has 2 N–H and O–H groups in total. The van der Waals surface area contributed by atoms with Gasteiger partial charge < -0.3 is 10.4 Å². The lowest BCUT2D eigenvalue weighted by atomic mass is 10.0. The third kappa shape index (κ3) is 4.15. The predicted molar refractivity (Wildman–Crippen MR) is 80.0 cm³/mol. The van der Waals surface area contributed by atoms with Gasteiger partial charge in [0.15, 0.2) is 0 Å². The van der Waals surface area contributed by atoms with Gasteiger partial charge in [0.05, 0.1) is 10.6 Å². The van der Waals surface area contributed by atoms with Crippen molar-refractivity contribution in [3.63, 3.8) is 0 Å². The molecule has 0 aliphatic rings. The molecule has 0 aliphatic carbocycles. The smallest absolute Gasteiger partial charge is 0.416 e. The Morgan fingerprint density at radius 3 is 2.41 bits per heavy atom. The summed E-state index contributed by atoms with van der Waals surface area (Å²) in [4.78, 5) is 0.